The van der Waals surface area contributed by atoms with E-state index in [1.165, 1.54) is 0 Å². The van der Waals surface area contributed by atoms with Crippen LogP contribution in [0.5, 0.6) is 0 Å². The number of hydrogen-bond acceptors (Lipinski definition) is 8. The van der Waals surface area contributed by atoms with E-state index in [4.69, 9.17) is 0 Å². The molecule has 0 aliphatic carbocycles. The average molecular weight is 556 g/mol. The summed E-state index contributed by atoms with van der Waals surface area (Å²) < 4.78 is 0. The lowest BCUT2D eigenvalue weighted by Gasteiger charge is -2.25. The van der Waals surface area contributed by atoms with Crippen LogP contribution in [0.1, 0.15) is 41.6 Å². The first kappa shape index (κ1) is 27.5. The van der Waals surface area contributed by atoms with Gasteiger partial charge in [-0.15, -0.1) is 0 Å². The predicted octanol–water partition coefficient (Wildman–Crippen LogP) is 4.77. The van der Waals surface area contributed by atoms with Gasteiger partial charge in [-0.2, -0.15) is 11.8 Å². The van der Waals surface area contributed by atoms with Crippen molar-refractivity contribution in [1.29, 1.82) is 0 Å². The molecule has 1 aromatic carbocycles. The first-order valence-corrected chi connectivity index (χ1v) is 14.8. The summed E-state index contributed by atoms with van der Waals surface area (Å²) >= 11 is 1.80. The summed E-state index contributed by atoms with van der Waals surface area (Å²) in [6.45, 7) is 3.61. The van der Waals surface area contributed by atoms with Gasteiger partial charge in [0.25, 0.3) is 5.91 Å². The second-order valence-electron chi connectivity index (χ2n) is 9.91. The Kier molecular flexibility index (Phi) is 8.54. The molecule has 4 aromatic rings. The number of anilines is 2. The van der Waals surface area contributed by atoms with E-state index in [-0.39, 0.29) is 23.7 Å². The van der Waals surface area contributed by atoms with Crippen molar-refractivity contribution in [2.24, 2.45) is 5.92 Å². The fraction of sp³-hybridized carbons (Fsp3) is 0.333. The molecule has 4 heterocycles. The minimum atomic E-state index is -0.118. The summed E-state index contributed by atoms with van der Waals surface area (Å²) in [7, 11) is 1.64. The van der Waals surface area contributed by atoms with Crippen LogP contribution in [0.2, 0.25) is 0 Å². The molecular formula is C30H33N7O2S. The minimum Gasteiger partial charge on any atom is -0.370 e. The molecule has 2 amide bonds. The topological polar surface area (TPSA) is 113 Å². The maximum Gasteiger partial charge on any atom is 0.251 e. The minimum absolute atomic E-state index is 0.106. The number of amides is 2. The molecule has 10 heteroatoms. The van der Waals surface area contributed by atoms with Crippen LogP contribution in [0.3, 0.4) is 0 Å². The predicted molar refractivity (Wildman–Crippen MR) is 161 cm³/mol. The van der Waals surface area contributed by atoms with Gasteiger partial charge in [-0.25, -0.2) is 15.0 Å². The van der Waals surface area contributed by atoms with Crippen LogP contribution in [0.15, 0.2) is 61.2 Å². The SMILES string of the molecule is CNC(=O)c1ccnc2c(C(C)C(CNc3cc(-c4ccnc(N5CCCC5=O)c4)ncn3)CSC)cccc12. The molecular weight excluding hydrogens is 522 g/mol. The Morgan fingerprint density at radius 1 is 1.10 bits per heavy atom. The molecule has 9 nitrogen and oxygen atoms in total. The highest BCUT2D eigenvalue weighted by Gasteiger charge is 2.24. The van der Waals surface area contributed by atoms with Gasteiger partial charge in [-0.3, -0.25) is 19.5 Å². The molecule has 0 spiro atoms. The van der Waals surface area contributed by atoms with E-state index in [9.17, 15) is 9.59 Å². The van der Waals surface area contributed by atoms with Gasteiger partial charge in [0.1, 0.15) is 18.0 Å². The number of pyridine rings is 2. The van der Waals surface area contributed by atoms with Crippen molar-refractivity contribution in [3.63, 3.8) is 0 Å². The van der Waals surface area contributed by atoms with E-state index >= 15 is 0 Å². The summed E-state index contributed by atoms with van der Waals surface area (Å²) in [5.74, 6) is 2.77. The number of rotatable bonds is 10. The van der Waals surface area contributed by atoms with E-state index in [1.54, 1.807) is 48.5 Å². The van der Waals surface area contributed by atoms with Crippen molar-refractivity contribution < 1.29 is 9.59 Å². The summed E-state index contributed by atoms with van der Waals surface area (Å²) in [5, 5.41) is 7.11. The summed E-state index contributed by atoms with van der Waals surface area (Å²) in [4.78, 5) is 44.4. The molecule has 40 heavy (non-hydrogen) atoms. The van der Waals surface area contributed by atoms with E-state index < -0.39 is 0 Å². The van der Waals surface area contributed by atoms with Gasteiger partial charge in [-0.05, 0) is 54.0 Å². The molecule has 1 fully saturated rings. The molecule has 2 N–H and O–H groups in total. The van der Waals surface area contributed by atoms with Crippen LogP contribution in [0, 0.1) is 5.92 Å². The molecule has 3 aromatic heterocycles. The number of aromatic nitrogens is 4. The van der Waals surface area contributed by atoms with Gasteiger partial charge < -0.3 is 10.6 Å². The lowest BCUT2D eigenvalue weighted by molar-refractivity contribution is -0.117. The molecule has 1 saturated heterocycles. The lowest BCUT2D eigenvalue weighted by Crippen LogP contribution is -2.24. The number of benzene rings is 1. The Balaban J connectivity index is 1.35. The Hall–Kier alpha value is -4.05. The van der Waals surface area contributed by atoms with Crippen molar-refractivity contribution in [2.75, 3.05) is 42.4 Å². The number of thioether (sulfide) groups is 1. The average Bonchev–Trinajstić information content (AvgIpc) is 3.43. The number of nitrogens with one attached hydrogen (secondary N) is 2. The smallest absolute Gasteiger partial charge is 0.251 e. The highest BCUT2D eigenvalue weighted by Crippen LogP contribution is 2.33. The molecule has 2 atom stereocenters. The molecule has 206 valence electrons. The first-order valence-electron chi connectivity index (χ1n) is 13.4. The van der Waals surface area contributed by atoms with Gasteiger partial charge >= 0.3 is 0 Å². The van der Waals surface area contributed by atoms with Gasteiger partial charge in [0, 0.05) is 56.0 Å². The van der Waals surface area contributed by atoms with Crippen LogP contribution >= 0.6 is 11.8 Å². The Morgan fingerprint density at radius 3 is 2.73 bits per heavy atom. The van der Waals surface area contributed by atoms with Crippen LogP contribution in [0.25, 0.3) is 22.2 Å². The molecule has 0 bridgehead atoms. The molecule has 0 saturated carbocycles. The maximum atomic E-state index is 12.4. The van der Waals surface area contributed by atoms with Crippen molar-refractivity contribution in [3.05, 3.63) is 72.3 Å². The van der Waals surface area contributed by atoms with E-state index in [2.05, 4.69) is 49.8 Å². The Bertz CT molecular complexity index is 1530. The Morgan fingerprint density at radius 2 is 1.95 bits per heavy atom. The van der Waals surface area contributed by atoms with Crippen molar-refractivity contribution in [2.45, 2.75) is 25.7 Å². The highest BCUT2D eigenvalue weighted by atomic mass is 32.2. The maximum absolute atomic E-state index is 12.4. The normalized spacial score (nSPS) is 14.8. The fourth-order valence-electron chi connectivity index (χ4n) is 5.21. The number of carbonyl (C=O) groups is 2. The van der Waals surface area contributed by atoms with Crippen LogP contribution < -0.4 is 15.5 Å². The third kappa shape index (κ3) is 5.77. The zero-order valence-electron chi connectivity index (χ0n) is 22.9. The lowest BCUT2D eigenvalue weighted by atomic mass is 9.86. The van der Waals surface area contributed by atoms with Crippen LogP contribution in [0.4, 0.5) is 11.6 Å². The van der Waals surface area contributed by atoms with E-state index in [0.29, 0.717) is 30.9 Å². The number of fused-ring (bicyclic) bond motifs is 1. The second kappa shape index (κ2) is 12.4. The Labute approximate surface area is 238 Å². The fourth-order valence-corrected chi connectivity index (χ4v) is 6.04. The van der Waals surface area contributed by atoms with Crippen molar-refractivity contribution in [3.8, 4) is 11.3 Å². The highest BCUT2D eigenvalue weighted by molar-refractivity contribution is 7.98. The van der Waals surface area contributed by atoms with Gasteiger partial charge in [-0.1, -0.05) is 25.1 Å². The van der Waals surface area contributed by atoms with Gasteiger partial charge in [0.2, 0.25) is 5.91 Å². The summed E-state index contributed by atoms with van der Waals surface area (Å²) in [6.07, 6.45) is 8.51. The molecule has 0 radical (unpaired) electrons. The number of nitrogens with zero attached hydrogens (tertiary/aromatic N) is 5. The summed E-state index contributed by atoms with van der Waals surface area (Å²) in [6, 6.07) is 13.6. The summed E-state index contributed by atoms with van der Waals surface area (Å²) in [5.41, 5.74) is 4.26. The number of para-hydroxylation sites is 1. The zero-order valence-corrected chi connectivity index (χ0v) is 23.7. The largest absolute Gasteiger partial charge is 0.370 e. The molecule has 1 aliphatic heterocycles. The van der Waals surface area contributed by atoms with Crippen molar-refractivity contribution >= 4 is 46.1 Å². The standard InChI is InChI=1S/C30H33N7O2S/c1-19(22-6-4-7-23-24(30(39)31-2)10-12-33-29(22)23)21(17-40-3)16-34-26-15-25(35-18-36-26)20-9-11-32-27(14-20)37-13-5-8-28(37)38/h4,6-7,9-12,14-15,18-19,21H,5,8,13,16-17H2,1-3H3,(H,31,39)(H,34,35,36). The van der Waals surface area contributed by atoms with Crippen LogP contribution in [-0.4, -0.2) is 63.9 Å². The second-order valence-corrected chi connectivity index (χ2v) is 10.8. The van der Waals surface area contributed by atoms with Gasteiger partial charge in [0.15, 0.2) is 0 Å². The third-order valence-corrected chi connectivity index (χ3v) is 8.22. The van der Waals surface area contributed by atoms with E-state index in [0.717, 1.165) is 45.7 Å². The number of carbonyl (C=O) groups excluding carboxylic acids is 2. The van der Waals surface area contributed by atoms with Gasteiger partial charge in [0.05, 0.1) is 16.8 Å². The quantitative estimate of drug-likeness (QED) is 0.288. The molecule has 2 unspecified atom stereocenters. The zero-order chi connectivity index (χ0) is 28.1. The first-order chi connectivity index (χ1) is 19.5. The van der Waals surface area contributed by atoms with E-state index in [1.807, 2.05) is 30.3 Å². The third-order valence-electron chi connectivity index (χ3n) is 7.46. The van der Waals surface area contributed by atoms with Crippen LogP contribution in [-0.2, 0) is 4.79 Å². The monoisotopic (exact) mass is 555 g/mol. The van der Waals surface area contributed by atoms with Crippen molar-refractivity contribution in [1.82, 2.24) is 25.3 Å². The molecule has 1 aliphatic rings. The molecule has 5 rings (SSSR count). The number of hydrogen-bond donors (Lipinski definition) is 2.